The standard InChI is InChI=1S/C16H26N2/c1-4-7-18-16(14-6-5-12(2)8-14)15-9-13(3)10-17-11-15/h9-12,14,16,18H,4-8H2,1-3H3. The van der Waals surface area contributed by atoms with Crippen LogP contribution in [0.3, 0.4) is 0 Å². The van der Waals surface area contributed by atoms with Gasteiger partial charge in [-0.25, -0.2) is 0 Å². The number of rotatable bonds is 5. The monoisotopic (exact) mass is 246 g/mol. The zero-order valence-corrected chi connectivity index (χ0v) is 11.9. The smallest absolute Gasteiger partial charge is 0.0364 e. The summed E-state index contributed by atoms with van der Waals surface area (Å²) in [5.74, 6) is 1.67. The SMILES string of the molecule is CCCNC(c1cncc(C)c1)C1CCC(C)C1. The quantitative estimate of drug-likeness (QED) is 0.853. The fraction of sp³-hybridized carbons (Fsp3) is 0.688. The second-order valence-corrected chi connectivity index (χ2v) is 5.91. The molecule has 18 heavy (non-hydrogen) atoms. The summed E-state index contributed by atoms with van der Waals surface area (Å²) in [6.45, 7) is 7.84. The molecule has 2 nitrogen and oxygen atoms in total. The van der Waals surface area contributed by atoms with Gasteiger partial charge in [0.05, 0.1) is 0 Å². The molecule has 1 fully saturated rings. The van der Waals surface area contributed by atoms with Crippen molar-refractivity contribution in [3.63, 3.8) is 0 Å². The van der Waals surface area contributed by atoms with Gasteiger partial charge in [-0.1, -0.05) is 26.3 Å². The fourth-order valence-corrected chi connectivity index (χ4v) is 3.16. The Morgan fingerprint density at radius 3 is 2.83 bits per heavy atom. The first-order valence-electron chi connectivity index (χ1n) is 7.35. The second kappa shape index (κ2) is 6.33. The van der Waals surface area contributed by atoms with Crippen molar-refractivity contribution in [2.24, 2.45) is 11.8 Å². The number of hydrogen-bond acceptors (Lipinski definition) is 2. The van der Waals surface area contributed by atoms with Crippen LogP contribution < -0.4 is 5.32 Å². The lowest BCUT2D eigenvalue weighted by atomic mass is 9.91. The Kier molecular flexibility index (Phi) is 4.76. The Hall–Kier alpha value is -0.890. The van der Waals surface area contributed by atoms with Crippen LogP contribution in [0.25, 0.3) is 0 Å². The van der Waals surface area contributed by atoms with Gasteiger partial charge in [-0.15, -0.1) is 0 Å². The summed E-state index contributed by atoms with van der Waals surface area (Å²) in [5.41, 5.74) is 2.64. The lowest BCUT2D eigenvalue weighted by molar-refractivity contribution is 0.358. The van der Waals surface area contributed by atoms with Gasteiger partial charge in [0.25, 0.3) is 0 Å². The van der Waals surface area contributed by atoms with E-state index in [0.29, 0.717) is 6.04 Å². The molecule has 1 aliphatic rings. The molecule has 1 heterocycles. The van der Waals surface area contributed by atoms with Gasteiger partial charge in [0.2, 0.25) is 0 Å². The third-order valence-electron chi connectivity index (χ3n) is 4.08. The van der Waals surface area contributed by atoms with Crippen LogP contribution in [0.2, 0.25) is 0 Å². The van der Waals surface area contributed by atoms with Crippen molar-refractivity contribution in [1.29, 1.82) is 0 Å². The summed E-state index contributed by atoms with van der Waals surface area (Å²) >= 11 is 0. The number of pyridine rings is 1. The van der Waals surface area contributed by atoms with Crippen molar-refractivity contribution < 1.29 is 0 Å². The molecule has 0 spiro atoms. The molecule has 0 radical (unpaired) electrons. The minimum absolute atomic E-state index is 0.502. The van der Waals surface area contributed by atoms with Crippen LogP contribution in [-0.2, 0) is 0 Å². The van der Waals surface area contributed by atoms with Crippen molar-refractivity contribution in [2.75, 3.05) is 6.54 Å². The third kappa shape index (κ3) is 3.32. The maximum absolute atomic E-state index is 4.36. The Labute approximate surface area is 111 Å². The van der Waals surface area contributed by atoms with Crippen LogP contribution in [0.5, 0.6) is 0 Å². The van der Waals surface area contributed by atoms with E-state index in [1.807, 2.05) is 12.4 Å². The molecule has 1 aromatic heterocycles. The Balaban J connectivity index is 2.14. The zero-order valence-electron chi connectivity index (χ0n) is 11.9. The number of aromatic nitrogens is 1. The van der Waals surface area contributed by atoms with Crippen LogP contribution >= 0.6 is 0 Å². The maximum Gasteiger partial charge on any atom is 0.0364 e. The average Bonchev–Trinajstić information content (AvgIpc) is 2.76. The highest BCUT2D eigenvalue weighted by molar-refractivity contribution is 5.21. The van der Waals surface area contributed by atoms with E-state index in [9.17, 15) is 0 Å². The lowest BCUT2D eigenvalue weighted by Gasteiger charge is -2.25. The fourth-order valence-electron chi connectivity index (χ4n) is 3.16. The molecule has 2 heteroatoms. The molecule has 1 aliphatic carbocycles. The van der Waals surface area contributed by atoms with Gasteiger partial charge in [-0.2, -0.15) is 0 Å². The predicted octanol–water partition coefficient (Wildman–Crippen LogP) is 3.87. The van der Waals surface area contributed by atoms with E-state index in [1.54, 1.807) is 0 Å². The van der Waals surface area contributed by atoms with Crippen LogP contribution in [0.15, 0.2) is 18.5 Å². The van der Waals surface area contributed by atoms with E-state index in [0.717, 1.165) is 18.4 Å². The van der Waals surface area contributed by atoms with E-state index in [-0.39, 0.29) is 0 Å². The number of nitrogens with zero attached hydrogens (tertiary/aromatic N) is 1. The van der Waals surface area contributed by atoms with Crippen LogP contribution in [0.4, 0.5) is 0 Å². The Morgan fingerprint density at radius 2 is 2.22 bits per heavy atom. The summed E-state index contributed by atoms with van der Waals surface area (Å²) in [6, 6.07) is 2.80. The highest BCUT2D eigenvalue weighted by atomic mass is 14.9. The van der Waals surface area contributed by atoms with Crippen molar-refractivity contribution in [3.05, 3.63) is 29.6 Å². The van der Waals surface area contributed by atoms with E-state index in [1.165, 1.54) is 36.8 Å². The largest absolute Gasteiger partial charge is 0.310 e. The molecule has 3 atom stereocenters. The van der Waals surface area contributed by atoms with E-state index in [4.69, 9.17) is 0 Å². The molecule has 1 saturated carbocycles. The number of hydrogen-bond donors (Lipinski definition) is 1. The van der Waals surface area contributed by atoms with Gasteiger partial charge < -0.3 is 5.32 Å². The highest BCUT2D eigenvalue weighted by Crippen LogP contribution is 2.38. The lowest BCUT2D eigenvalue weighted by Crippen LogP contribution is -2.28. The summed E-state index contributed by atoms with van der Waals surface area (Å²) in [5, 5.41) is 3.74. The molecule has 0 saturated heterocycles. The maximum atomic E-state index is 4.36. The molecule has 1 N–H and O–H groups in total. The molecular weight excluding hydrogens is 220 g/mol. The molecule has 3 unspecified atom stereocenters. The Morgan fingerprint density at radius 1 is 1.39 bits per heavy atom. The molecule has 100 valence electrons. The van der Waals surface area contributed by atoms with Crippen molar-refractivity contribution in [2.45, 2.75) is 52.5 Å². The number of aryl methyl sites for hydroxylation is 1. The minimum atomic E-state index is 0.502. The highest BCUT2D eigenvalue weighted by Gasteiger charge is 2.29. The van der Waals surface area contributed by atoms with Crippen LogP contribution in [0, 0.1) is 18.8 Å². The zero-order chi connectivity index (χ0) is 13.0. The first-order valence-corrected chi connectivity index (χ1v) is 7.35. The van der Waals surface area contributed by atoms with Gasteiger partial charge in [-0.05, 0) is 55.7 Å². The molecule has 2 rings (SSSR count). The molecule has 0 amide bonds. The van der Waals surface area contributed by atoms with Gasteiger partial charge in [0.1, 0.15) is 0 Å². The molecule has 0 bridgehead atoms. The van der Waals surface area contributed by atoms with Gasteiger partial charge in [0.15, 0.2) is 0 Å². The summed E-state index contributed by atoms with van der Waals surface area (Å²) in [7, 11) is 0. The van der Waals surface area contributed by atoms with E-state index < -0.39 is 0 Å². The van der Waals surface area contributed by atoms with Crippen molar-refractivity contribution >= 4 is 0 Å². The average molecular weight is 246 g/mol. The van der Waals surface area contributed by atoms with Crippen LogP contribution in [-0.4, -0.2) is 11.5 Å². The molecule has 0 aromatic carbocycles. The number of nitrogens with one attached hydrogen (secondary N) is 1. The van der Waals surface area contributed by atoms with Crippen molar-refractivity contribution in [1.82, 2.24) is 10.3 Å². The third-order valence-corrected chi connectivity index (χ3v) is 4.08. The first-order chi connectivity index (χ1) is 8.70. The first kappa shape index (κ1) is 13.5. The molecule has 0 aliphatic heterocycles. The van der Waals surface area contributed by atoms with E-state index >= 15 is 0 Å². The molecular formula is C16H26N2. The predicted molar refractivity (Wildman–Crippen MR) is 76.5 cm³/mol. The summed E-state index contributed by atoms with van der Waals surface area (Å²) < 4.78 is 0. The van der Waals surface area contributed by atoms with Gasteiger partial charge in [0, 0.05) is 18.4 Å². The van der Waals surface area contributed by atoms with Gasteiger partial charge >= 0.3 is 0 Å². The van der Waals surface area contributed by atoms with Crippen LogP contribution in [0.1, 0.15) is 56.7 Å². The second-order valence-electron chi connectivity index (χ2n) is 5.91. The van der Waals surface area contributed by atoms with Crippen molar-refractivity contribution in [3.8, 4) is 0 Å². The Bertz CT molecular complexity index is 375. The summed E-state index contributed by atoms with van der Waals surface area (Å²) in [6.07, 6.45) is 9.28. The summed E-state index contributed by atoms with van der Waals surface area (Å²) in [4.78, 5) is 4.36. The topological polar surface area (TPSA) is 24.9 Å². The van der Waals surface area contributed by atoms with Gasteiger partial charge in [-0.3, -0.25) is 4.98 Å². The normalized spacial score (nSPS) is 25.3. The van der Waals surface area contributed by atoms with E-state index in [2.05, 4.69) is 37.1 Å². The minimum Gasteiger partial charge on any atom is -0.310 e. The molecule has 1 aromatic rings.